The van der Waals surface area contributed by atoms with Gasteiger partial charge in [0, 0.05) is 16.6 Å². The first-order chi connectivity index (χ1) is 11.9. The Morgan fingerprint density at radius 3 is 2.76 bits per heavy atom. The number of hydrogen-bond acceptors (Lipinski definition) is 5. The molecule has 2 aliphatic carbocycles. The first-order valence-corrected chi connectivity index (χ1v) is 9.30. The normalized spacial score (nSPS) is 42.9. The van der Waals surface area contributed by atoms with Crippen molar-refractivity contribution < 1.29 is 24.2 Å². The molecule has 0 aromatic rings. The highest BCUT2D eigenvalue weighted by atomic mass is 16.5. The lowest BCUT2D eigenvalue weighted by atomic mass is 9.46. The molecule has 1 N–H and O–H groups in total. The van der Waals surface area contributed by atoms with Crippen molar-refractivity contribution >= 4 is 11.9 Å². The number of allylic oxidation sites excluding steroid dienone is 1. The quantitative estimate of drug-likeness (QED) is 0.795. The molecule has 0 radical (unpaired) electrons. The zero-order chi connectivity index (χ0) is 17.8. The van der Waals surface area contributed by atoms with E-state index in [0.717, 1.165) is 30.4 Å². The van der Waals surface area contributed by atoms with Crippen molar-refractivity contribution in [2.24, 2.45) is 22.7 Å². The van der Waals surface area contributed by atoms with Crippen LogP contribution in [0.2, 0.25) is 0 Å². The SMILES string of the molecule is CC1C(O)CC23COC(=O)C2=CCCC3C1(C)CCC1=CCOC1=O. The van der Waals surface area contributed by atoms with E-state index in [-0.39, 0.29) is 34.6 Å². The van der Waals surface area contributed by atoms with Gasteiger partial charge in [0.15, 0.2) is 0 Å². The third-order valence-corrected chi connectivity index (χ3v) is 7.41. The fourth-order valence-corrected chi connectivity index (χ4v) is 5.78. The highest BCUT2D eigenvalue weighted by molar-refractivity contribution is 5.92. The number of ether oxygens (including phenoxy) is 2. The third-order valence-electron chi connectivity index (χ3n) is 7.41. The summed E-state index contributed by atoms with van der Waals surface area (Å²) in [5, 5.41) is 10.8. The third kappa shape index (κ3) is 2.31. The Morgan fingerprint density at radius 2 is 2.04 bits per heavy atom. The Bertz CT molecular complexity index is 678. The van der Waals surface area contributed by atoms with Crippen molar-refractivity contribution in [3.8, 4) is 0 Å². The maximum atomic E-state index is 12.2. The van der Waals surface area contributed by atoms with Gasteiger partial charge in [-0.3, -0.25) is 0 Å². The lowest BCUT2D eigenvalue weighted by Gasteiger charge is -2.58. The van der Waals surface area contributed by atoms with Gasteiger partial charge >= 0.3 is 11.9 Å². The van der Waals surface area contributed by atoms with Gasteiger partial charge in [0.25, 0.3) is 0 Å². The molecule has 5 unspecified atom stereocenters. The summed E-state index contributed by atoms with van der Waals surface area (Å²) >= 11 is 0. The number of cyclic esters (lactones) is 2. The molecular weight excluding hydrogens is 320 g/mol. The van der Waals surface area contributed by atoms with E-state index in [0.29, 0.717) is 26.1 Å². The van der Waals surface area contributed by atoms with Gasteiger partial charge in [-0.2, -0.15) is 0 Å². The summed E-state index contributed by atoms with van der Waals surface area (Å²) in [5.74, 6) is -0.0408. The van der Waals surface area contributed by atoms with Crippen LogP contribution in [0.15, 0.2) is 23.3 Å². The standard InChI is InChI=1S/C20H26O5/c1-12-15(21)10-20-11-25-18(23)14(20)4-3-5-16(20)19(12,2)8-6-13-7-9-24-17(13)22/h4,7,12,15-16,21H,3,5-6,8-11H2,1-2H3. The highest BCUT2D eigenvalue weighted by Gasteiger charge is 2.63. The fourth-order valence-electron chi connectivity index (χ4n) is 5.78. The van der Waals surface area contributed by atoms with E-state index in [9.17, 15) is 14.7 Å². The molecule has 2 aliphatic heterocycles. The second kappa shape index (κ2) is 5.70. The van der Waals surface area contributed by atoms with E-state index in [1.54, 1.807) is 0 Å². The molecule has 5 atom stereocenters. The molecule has 25 heavy (non-hydrogen) atoms. The van der Waals surface area contributed by atoms with Crippen molar-refractivity contribution in [3.05, 3.63) is 23.3 Å². The van der Waals surface area contributed by atoms with Crippen LogP contribution in [-0.2, 0) is 19.1 Å². The van der Waals surface area contributed by atoms with Crippen LogP contribution < -0.4 is 0 Å². The number of aliphatic hydroxyl groups excluding tert-OH is 1. The van der Waals surface area contributed by atoms with Crippen LogP contribution >= 0.6 is 0 Å². The summed E-state index contributed by atoms with van der Waals surface area (Å²) in [5.41, 5.74) is 1.00. The van der Waals surface area contributed by atoms with Crippen LogP contribution in [0, 0.1) is 22.7 Å². The lowest BCUT2D eigenvalue weighted by Crippen LogP contribution is -2.56. The Balaban J connectivity index is 1.67. The van der Waals surface area contributed by atoms with Crippen molar-refractivity contribution in [1.82, 2.24) is 0 Å². The molecule has 4 aliphatic rings. The van der Waals surface area contributed by atoms with Crippen LogP contribution in [0.4, 0.5) is 0 Å². The van der Waals surface area contributed by atoms with Crippen molar-refractivity contribution in [1.29, 1.82) is 0 Å². The van der Waals surface area contributed by atoms with Crippen LogP contribution in [0.5, 0.6) is 0 Å². The van der Waals surface area contributed by atoms with Crippen molar-refractivity contribution in [2.75, 3.05) is 13.2 Å². The minimum atomic E-state index is -0.471. The Morgan fingerprint density at radius 1 is 1.24 bits per heavy atom. The van der Waals surface area contributed by atoms with Gasteiger partial charge in [-0.25, -0.2) is 9.59 Å². The van der Waals surface area contributed by atoms with Gasteiger partial charge < -0.3 is 14.6 Å². The molecule has 0 aromatic carbocycles. The fraction of sp³-hybridized carbons (Fsp3) is 0.700. The Kier molecular flexibility index (Phi) is 3.83. The van der Waals surface area contributed by atoms with Gasteiger partial charge in [0.05, 0.1) is 6.10 Å². The molecule has 4 rings (SSSR count). The second-order valence-electron chi connectivity index (χ2n) is 8.37. The average molecular weight is 346 g/mol. The van der Waals surface area contributed by atoms with E-state index >= 15 is 0 Å². The zero-order valence-electron chi connectivity index (χ0n) is 14.9. The molecular formula is C20H26O5. The van der Waals surface area contributed by atoms with Gasteiger partial charge in [-0.05, 0) is 55.4 Å². The molecule has 0 aromatic heterocycles. The summed E-state index contributed by atoms with van der Waals surface area (Å²) < 4.78 is 10.4. The van der Waals surface area contributed by atoms with E-state index in [4.69, 9.17) is 9.47 Å². The number of carbonyl (C=O) groups is 2. The van der Waals surface area contributed by atoms with Gasteiger partial charge in [0.2, 0.25) is 0 Å². The Labute approximate surface area is 148 Å². The second-order valence-corrected chi connectivity index (χ2v) is 8.37. The lowest BCUT2D eigenvalue weighted by molar-refractivity contribution is -0.139. The summed E-state index contributed by atoms with van der Waals surface area (Å²) in [6.07, 6.45) is 7.34. The van der Waals surface area contributed by atoms with Gasteiger partial charge in [-0.1, -0.05) is 19.9 Å². The molecule has 1 saturated carbocycles. The number of esters is 2. The molecule has 5 heteroatoms. The minimum Gasteiger partial charge on any atom is -0.461 e. The topological polar surface area (TPSA) is 72.8 Å². The monoisotopic (exact) mass is 346 g/mol. The van der Waals surface area contributed by atoms with Crippen molar-refractivity contribution in [3.63, 3.8) is 0 Å². The van der Waals surface area contributed by atoms with Crippen LogP contribution in [0.1, 0.15) is 46.0 Å². The molecule has 5 nitrogen and oxygen atoms in total. The van der Waals surface area contributed by atoms with Crippen LogP contribution in [0.3, 0.4) is 0 Å². The van der Waals surface area contributed by atoms with E-state index in [2.05, 4.69) is 13.8 Å². The largest absolute Gasteiger partial charge is 0.461 e. The zero-order valence-corrected chi connectivity index (χ0v) is 14.9. The first-order valence-electron chi connectivity index (χ1n) is 9.30. The first kappa shape index (κ1) is 16.8. The molecule has 0 amide bonds. The van der Waals surface area contributed by atoms with Crippen LogP contribution in [0.25, 0.3) is 0 Å². The summed E-state index contributed by atoms with van der Waals surface area (Å²) in [6.45, 7) is 5.08. The predicted octanol–water partition coefficient (Wildman–Crippen LogP) is 2.54. The van der Waals surface area contributed by atoms with Crippen LogP contribution in [-0.4, -0.2) is 36.4 Å². The summed E-state index contributed by atoms with van der Waals surface area (Å²) in [4.78, 5) is 24.0. The number of rotatable bonds is 3. The molecule has 1 spiro atoms. The molecule has 2 heterocycles. The van der Waals surface area contributed by atoms with Crippen molar-refractivity contribution in [2.45, 2.75) is 52.1 Å². The smallest absolute Gasteiger partial charge is 0.334 e. The Hall–Kier alpha value is -1.62. The molecule has 136 valence electrons. The molecule has 0 bridgehead atoms. The average Bonchev–Trinajstić information content (AvgIpc) is 3.14. The summed E-state index contributed by atoms with van der Waals surface area (Å²) in [6, 6.07) is 0. The highest BCUT2D eigenvalue weighted by Crippen LogP contribution is 2.64. The molecule has 1 saturated heterocycles. The number of aliphatic hydroxyl groups is 1. The van der Waals surface area contributed by atoms with E-state index in [1.807, 2.05) is 12.2 Å². The van der Waals surface area contributed by atoms with Gasteiger partial charge in [0.1, 0.15) is 13.2 Å². The number of carbonyl (C=O) groups excluding carboxylic acids is 2. The number of hydrogen-bond donors (Lipinski definition) is 1. The summed E-state index contributed by atoms with van der Waals surface area (Å²) in [7, 11) is 0. The predicted molar refractivity (Wildman–Crippen MR) is 90.4 cm³/mol. The molecule has 2 fully saturated rings. The minimum absolute atomic E-state index is 0.108. The van der Waals surface area contributed by atoms with E-state index < -0.39 is 6.10 Å². The maximum absolute atomic E-state index is 12.2. The maximum Gasteiger partial charge on any atom is 0.334 e. The van der Waals surface area contributed by atoms with Gasteiger partial charge in [-0.15, -0.1) is 0 Å². The van der Waals surface area contributed by atoms with E-state index in [1.165, 1.54) is 0 Å².